The topological polar surface area (TPSA) is 64.6 Å². The molecule has 180 valence electrons. The van der Waals surface area contributed by atoms with E-state index in [9.17, 15) is 14.0 Å². The Bertz CT molecular complexity index is 1220. The Kier molecular flexibility index (Phi) is 6.62. The van der Waals surface area contributed by atoms with Crippen molar-refractivity contribution in [1.82, 2.24) is 5.32 Å². The van der Waals surface area contributed by atoms with E-state index in [-0.39, 0.29) is 22.8 Å². The molecule has 1 aromatic heterocycles. The maximum atomic E-state index is 13.3. The molecule has 0 saturated heterocycles. The Labute approximate surface area is 207 Å². The highest BCUT2D eigenvalue weighted by molar-refractivity contribution is 7.12. The first-order chi connectivity index (χ1) is 16.0. The van der Waals surface area contributed by atoms with Crippen LogP contribution in [0.4, 0.5) is 4.39 Å². The minimum atomic E-state index is -0.715. The first-order valence-corrected chi connectivity index (χ1v) is 12.2. The SMILES string of the molecule is C=C1NC2=C(C(=O)CC(C)(C)C2)C(c2cc(COc3ccc(F)cc3Cl)c(C)s2)C1C(=O)OC. The summed E-state index contributed by atoms with van der Waals surface area (Å²) in [4.78, 5) is 28.0. The Balaban J connectivity index is 1.72. The monoisotopic (exact) mass is 503 g/mol. The second kappa shape index (κ2) is 9.19. The van der Waals surface area contributed by atoms with Crippen LogP contribution in [0.2, 0.25) is 5.02 Å². The van der Waals surface area contributed by atoms with Gasteiger partial charge in [0.1, 0.15) is 24.1 Å². The van der Waals surface area contributed by atoms with Gasteiger partial charge in [0.25, 0.3) is 0 Å². The molecule has 34 heavy (non-hydrogen) atoms. The van der Waals surface area contributed by atoms with E-state index in [0.29, 0.717) is 29.9 Å². The van der Waals surface area contributed by atoms with Gasteiger partial charge in [0, 0.05) is 44.6 Å². The molecular formula is C26H27ClFNO4S. The normalized spacial score (nSPS) is 21.7. The van der Waals surface area contributed by atoms with Crippen LogP contribution in [-0.4, -0.2) is 18.9 Å². The largest absolute Gasteiger partial charge is 0.487 e. The molecule has 0 amide bonds. The summed E-state index contributed by atoms with van der Waals surface area (Å²) in [5.41, 5.74) is 2.72. The summed E-state index contributed by atoms with van der Waals surface area (Å²) < 4.78 is 24.3. The molecule has 1 N–H and O–H groups in total. The molecule has 4 rings (SSSR count). The second-order valence-corrected chi connectivity index (χ2v) is 11.3. The maximum Gasteiger partial charge on any atom is 0.315 e. The molecule has 1 aromatic carbocycles. The first kappa shape index (κ1) is 24.5. The Morgan fingerprint density at radius 1 is 1.32 bits per heavy atom. The summed E-state index contributed by atoms with van der Waals surface area (Å²) >= 11 is 7.61. The lowest BCUT2D eigenvalue weighted by atomic mass is 9.68. The fourth-order valence-corrected chi connectivity index (χ4v) is 6.15. The van der Waals surface area contributed by atoms with Crippen LogP contribution in [-0.2, 0) is 20.9 Å². The van der Waals surface area contributed by atoms with E-state index in [1.165, 1.54) is 36.6 Å². The number of aryl methyl sites for hydroxylation is 1. The van der Waals surface area contributed by atoms with Gasteiger partial charge in [0.15, 0.2) is 5.78 Å². The lowest BCUT2D eigenvalue weighted by Crippen LogP contribution is -2.43. The number of methoxy groups -OCH3 is 1. The van der Waals surface area contributed by atoms with Gasteiger partial charge in [-0.2, -0.15) is 0 Å². The number of Topliss-reactive ketones (excluding diaryl/α,β-unsaturated/α-hetero) is 1. The number of hydrogen-bond acceptors (Lipinski definition) is 6. The average molecular weight is 504 g/mol. The van der Waals surface area contributed by atoms with Gasteiger partial charge in [-0.05, 0) is 43.0 Å². The van der Waals surface area contributed by atoms with Crippen LogP contribution < -0.4 is 10.1 Å². The molecule has 0 fully saturated rings. The summed E-state index contributed by atoms with van der Waals surface area (Å²) in [6.45, 7) is 10.4. The quantitative estimate of drug-likeness (QED) is 0.502. The summed E-state index contributed by atoms with van der Waals surface area (Å²) in [6, 6.07) is 5.95. The third kappa shape index (κ3) is 4.64. The molecule has 1 aliphatic carbocycles. The lowest BCUT2D eigenvalue weighted by molar-refractivity contribution is -0.144. The molecule has 2 unspecified atom stereocenters. The smallest absolute Gasteiger partial charge is 0.315 e. The Morgan fingerprint density at radius 2 is 2.06 bits per heavy atom. The number of carbonyl (C=O) groups is 2. The van der Waals surface area contributed by atoms with Crippen LogP contribution in [0.25, 0.3) is 0 Å². The summed E-state index contributed by atoms with van der Waals surface area (Å²) in [6.07, 6.45) is 1.11. The average Bonchev–Trinajstić information content (AvgIpc) is 3.11. The number of nitrogens with one attached hydrogen (secondary N) is 1. The maximum absolute atomic E-state index is 13.3. The van der Waals surface area contributed by atoms with E-state index >= 15 is 0 Å². The number of rotatable bonds is 5. The van der Waals surface area contributed by atoms with Gasteiger partial charge < -0.3 is 14.8 Å². The zero-order valence-electron chi connectivity index (χ0n) is 19.6. The molecule has 8 heteroatoms. The predicted octanol–water partition coefficient (Wildman–Crippen LogP) is 6.06. The number of allylic oxidation sites excluding steroid dienone is 2. The van der Waals surface area contributed by atoms with Gasteiger partial charge in [-0.15, -0.1) is 11.3 Å². The van der Waals surface area contributed by atoms with Crippen molar-refractivity contribution in [2.45, 2.75) is 46.1 Å². The molecule has 2 heterocycles. The van der Waals surface area contributed by atoms with Crippen LogP contribution in [0, 0.1) is 24.1 Å². The number of carbonyl (C=O) groups excluding carboxylic acids is 2. The number of hydrogen-bond donors (Lipinski definition) is 1. The molecule has 2 aliphatic rings. The molecular weight excluding hydrogens is 477 g/mol. The summed E-state index contributed by atoms with van der Waals surface area (Å²) in [5, 5.41) is 3.44. The van der Waals surface area contributed by atoms with Crippen molar-refractivity contribution in [3.63, 3.8) is 0 Å². The zero-order valence-corrected chi connectivity index (χ0v) is 21.2. The second-order valence-electron chi connectivity index (χ2n) is 9.56. The standard InChI is InChI=1S/C26H27ClFNO4S/c1-13-22(25(31)32-5)24(23-18(29-13)10-26(3,4)11-19(23)30)21-8-15(14(2)34-21)12-33-20-7-6-16(28)9-17(20)27/h6-9,22,24,29H,1,10-12H2,2-5H3. The van der Waals surface area contributed by atoms with Crippen molar-refractivity contribution < 1.29 is 23.5 Å². The van der Waals surface area contributed by atoms with Gasteiger partial charge in [-0.1, -0.05) is 32.0 Å². The van der Waals surface area contributed by atoms with Gasteiger partial charge in [0.2, 0.25) is 0 Å². The van der Waals surface area contributed by atoms with Crippen LogP contribution in [0.15, 0.2) is 47.8 Å². The summed E-state index contributed by atoms with van der Waals surface area (Å²) in [7, 11) is 1.34. The van der Waals surface area contributed by atoms with E-state index < -0.39 is 23.6 Å². The van der Waals surface area contributed by atoms with Crippen molar-refractivity contribution in [2.75, 3.05) is 7.11 Å². The van der Waals surface area contributed by atoms with Gasteiger partial charge in [0.05, 0.1) is 12.1 Å². The van der Waals surface area contributed by atoms with Crippen LogP contribution >= 0.6 is 22.9 Å². The molecule has 0 radical (unpaired) electrons. The molecule has 2 atom stereocenters. The minimum Gasteiger partial charge on any atom is -0.487 e. The van der Waals surface area contributed by atoms with Crippen molar-refractivity contribution in [3.8, 4) is 5.75 Å². The fourth-order valence-electron chi connectivity index (χ4n) is 4.75. The van der Waals surface area contributed by atoms with E-state index in [0.717, 1.165) is 21.0 Å². The van der Waals surface area contributed by atoms with Gasteiger partial charge in [-0.3, -0.25) is 9.59 Å². The lowest BCUT2D eigenvalue weighted by Gasteiger charge is -2.41. The van der Waals surface area contributed by atoms with E-state index in [1.54, 1.807) is 0 Å². The number of halogens is 2. The molecule has 2 aromatic rings. The van der Waals surface area contributed by atoms with Gasteiger partial charge in [-0.25, -0.2) is 4.39 Å². The van der Waals surface area contributed by atoms with Crippen molar-refractivity contribution >= 4 is 34.7 Å². The molecule has 0 bridgehead atoms. The highest BCUT2D eigenvalue weighted by atomic mass is 35.5. The van der Waals surface area contributed by atoms with Crippen LogP contribution in [0.3, 0.4) is 0 Å². The van der Waals surface area contributed by atoms with Crippen molar-refractivity contribution in [3.05, 3.63) is 74.0 Å². The van der Waals surface area contributed by atoms with E-state index in [2.05, 4.69) is 25.7 Å². The van der Waals surface area contributed by atoms with E-state index in [1.807, 2.05) is 13.0 Å². The minimum absolute atomic E-state index is 0.0344. The third-order valence-corrected chi connectivity index (χ3v) is 7.80. The first-order valence-electron chi connectivity index (χ1n) is 11.0. The Hall–Kier alpha value is -2.64. The van der Waals surface area contributed by atoms with Crippen LogP contribution in [0.5, 0.6) is 5.75 Å². The van der Waals surface area contributed by atoms with Crippen molar-refractivity contribution in [2.24, 2.45) is 11.3 Å². The number of ketones is 1. The Morgan fingerprint density at radius 3 is 2.74 bits per heavy atom. The summed E-state index contributed by atoms with van der Waals surface area (Å²) in [5.74, 6) is -1.65. The highest BCUT2D eigenvalue weighted by Crippen LogP contribution is 2.49. The highest BCUT2D eigenvalue weighted by Gasteiger charge is 2.47. The van der Waals surface area contributed by atoms with Crippen LogP contribution in [0.1, 0.15) is 47.9 Å². The number of esters is 1. The third-order valence-electron chi connectivity index (χ3n) is 6.33. The predicted molar refractivity (Wildman–Crippen MR) is 130 cm³/mol. The van der Waals surface area contributed by atoms with Crippen molar-refractivity contribution in [1.29, 1.82) is 0 Å². The number of thiophene rings is 1. The zero-order chi connectivity index (χ0) is 24.8. The number of benzene rings is 1. The fraction of sp³-hybridized carbons (Fsp3) is 0.385. The van der Waals surface area contributed by atoms with E-state index in [4.69, 9.17) is 21.1 Å². The van der Waals surface area contributed by atoms with Gasteiger partial charge >= 0.3 is 5.97 Å². The number of ether oxygens (including phenoxy) is 2. The molecule has 1 aliphatic heterocycles. The molecule has 5 nitrogen and oxygen atoms in total. The molecule has 0 spiro atoms. The molecule has 0 saturated carbocycles.